The summed E-state index contributed by atoms with van der Waals surface area (Å²) in [4.78, 5) is 38.3. The van der Waals surface area contributed by atoms with E-state index in [1.54, 1.807) is 30.4 Å². The average Bonchev–Trinajstić information content (AvgIpc) is 3.42. The lowest BCUT2D eigenvalue weighted by atomic mass is 10.2. The van der Waals surface area contributed by atoms with Gasteiger partial charge in [0.2, 0.25) is 0 Å². The second-order valence-corrected chi connectivity index (χ2v) is 9.19. The summed E-state index contributed by atoms with van der Waals surface area (Å²) in [6.07, 6.45) is 4.14. The summed E-state index contributed by atoms with van der Waals surface area (Å²) >= 11 is 1.38. The van der Waals surface area contributed by atoms with Crippen molar-refractivity contribution >= 4 is 39.8 Å². The minimum absolute atomic E-state index is 0.211. The molecule has 0 unspecified atom stereocenters. The lowest BCUT2D eigenvalue weighted by Gasteiger charge is -2.28. The fourth-order valence-electron chi connectivity index (χ4n) is 3.89. The van der Waals surface area contributed by atoms with Gasteiger partial charge >= 0.3 is 6.03 Å². The van der Waals surface area contributed by atoms with Crippen LogP contribution in [-0.4, -0.2) is 78.1 Å². The molecular weight excluding hydrogens is 478 g/mol. The normalized spacial score (nSPS) is 13.7. The summed E-state index contributed by atoms with van der Waals surface area (Å²) in [7, 11) is 1.80. The number of para-hydroxylation sites is 2. The van der Waals surface area contributed by atoms with Gasteiger partial charge in [-0.15, -0.1) is 11.3 Å². The molecule has 1 aromatic carbocycles. The van der Waals surface area contributed by atoms with Gasteiger partial charge in [-0.2, -0.15) is 0 Å². The monoisotopic (exact) mass is 509 g/mol. The number of nitrogens with zero attached hydrogens (tertiary/aromatic N) is 4. The van der Waals surface area contributed by atoms with Gasteiger partial charge in [0.1, 0.15) is 5.69 Å². The Morgan fingerprint density at radius 2 is 1.89 bits per heavy atom. The van der Waals surface area contributed by atoms with Crippen molar-refractivity contribution in [3.05, 3.63) is 65.4 Å². The number of carbonyl (C=O) groups is 2. The summed E-state index contributed by atoms with van der Waals surface area (Å²) < 4.78 is 5.41. The van der Waals surface area contributed by atoms with E-state index in [4.69, 9.17) is 4.74 Å². The maximum atomic E-state index is 13.0. The van der Waals surface area contributed by atoms with Crippen LogP contribution in [0.5, 0.6) is 0 Å². The fourth-order valence-corrected chi connectivity index (χ4v) is 4.41. The number of hydrogen-bond acceptors (Lipinski definition) is 8. The number of amides is 3. The molecule has 10 nitrogen and oxygen atoms in total. The Morgan fingerprint density at radius 1 is 1.08 bits per heavy atom. The van der Waals surface area contributed by atoms with Crippen LogP contribution in [-0.2, 0) is 11.3 Å². The van der Waals surface area contributed by atoms with Crippen molar-refractivity contribution in [3.8, 4) is 0 Å². The molecule has 4 rings (SSSR count). The van der Waals surface area contributed by atoms with Crippen LogP contribution < -0.4 is 16.0 Å². The molecule has 190 valence electrons. The first kappa shape index (κ1) is 25.5. The Labute approximate surface area is 214 Å². The standard InChI is InChI=1S/C25H31N7O3S/c1-26-20-5-2-3-6-21(20)29-23(33)22-8-7-19(17-28-22)18-32(25(34)30-24-27-9-16-36-24)11-4-10-31-12-14-35-15-13-31/h2-3,5-9,16-17,26H,4,10-15,18H2,1H3,(H,29,33)(H,27,30,34). The number of aromatic nitrogens is 2. The van der Waals surface area contributed by atoms with E-state index in [1.807, 2.05) is 35.7 Å². The van der Waals surface area contributed by atoms with Crippen molar-refractivity contribution in [3.63, 3.8) is 0 Å². The van der Waals surface area contributed by atoms with Crippen LogP contribution in [0.1, 0.15) is 22.5 Å². The molecule has 11 heteroatoms. The number of carbonyl (C=O) groups excluding carboxylic acids is 2. The molecule has 0 spiro atoms. The zero-order chi connectivity index (χ0) is 25.2. The molecule has 0 atom stereocenters. The molecule has 1 aliphatic rings. The number of morpholine rings is 1. The van der Waals surface area contributed by atoms with Crippen LogP contribution in [0.2, 0.25) is 0 Å². The molecule has 0 bridgehead atoms. The largest absolute Gasteiger partial charge is 0.386 e. The second kappa shape index (κ2) is 13.0. The number of thiazole rings is 1. The SMILES string of the molecule is CNc1ccccc1NC(=O)c1ccc(CN(CCCN2CCOCC2)C(=O)Nc2nccs2)cn1. The summed E-state index contributed by atoms with van der Waals surface area (Å²) in [6.45, 7) is 5.18. The van der Waals surface area contributed by atoms with Gasteiger partial charge in [-0.25, -0.2) is 9.78 Å². The number of hydrogen-bond donors (Lipinski definition) is 3. The number of nitrogens with one attached hydrogen (secondary N) is 3. The van der Waals surface area contributed by atoms with Gasteiger partial charge < -0.3 is 20.3 Å². The molecule has 0 radical (unpaired) electrons. The molecular formula is C25H31N7O3S. The zero-order valence-corrected chi connectivity index (χ0v) is 21.1. The van der Waals surface area contributed by atoms with E-state index in [0.29, 0.717) is 29.6 Å². The van der Waals surface area contributed by atoms with Gasteiger partial charge in [0.25, 0.3) is 5.91 Å². The van der Waals surface area contributed by atoms with Crippen LogP contribution in [0.25, 0.3) is 0 Å². The van der Waals surface area contributed by atoms with E-state index in [0.717, 1.165) is 50.5 Å². The fraction of sp³-hybridized carbons (Fsp3) is 0.360. The highest BCUT2D eigenvalue weighted by Crippen LogP contribution is 2.21. The van der Waals surface area contributed by atoms with Crippen molar-refractivity contribution in [1.82, 2.24) is 19.8 Å². The van der Waals surface area contributed by atoms with E-state index in [9.17, 15) is 9.59 Å². The van der Waals surface area contributed by atoms with Gasteiger partial charge in [0, 0.05) is 57.5 Å². The first-order chi connectivity index (χ1) is 17.6. The minimum Gasteiger partial charge on any atom is -0.386 e. The van der Waals surface area contributed by atoms with Crippen LogP contribution in [0, 0.1) is 0 Å². The maximum Gasteiger partial charge on any atom is 0.323 e. The highest BCUT2D eigenvalue weighted by atomic mass is 32.1. The molecule has 2 aromatic heterocycles. The minimum atomic E-state index is -0.298. The molecule has 0 aliphatic carbocycles. The van der Waals surface area contributed by atoms with Crippen molar-refractivity contribution in [2.24, 2.45) is 0 Å². The lowest BCUT2D eigenvalue weighted by molar-refractivity contribution is 0.0365. The molecule has 3 aromatic rings. The Hall–Kier alpha value is -3.54. The topological polar surface area (TPSA) is 112 Å². The predicted octanol–water partition coefficient (Wildman–Crippen LogP) is 3.59. The quantitative estimate of drug-likeness (QED) is 0.383. The number of benzene rings is 1. The predicted molar refractivity (Wildman–Crippen MR) is 142 cm³/mol. The molecule has 0 saturated carbocycles. The van der Waals surface area contributed by atoms with Gasteiger partial charge in [-0.05, 0) is 30.2 Å². The number of pyridine rings is 1. The van der Waals surface area contributed by atoms with Crippen LogP contribution in [0.15, 0.2) is 54.2 Å². The van der Waals surface area contributed by atoms with E-state index in [2.05, 4.69) is 30.8 Å². The molecule has 3 heterocycles. The Morgan fingerprint density at radius 3 is 2.58 bits per heavy atom. The second-order valence-electron chi connectivity index (χ2n) is 8.30. The molecule has 1 fully saturated rings. The zero-order valence-electron chi connectivity index (χ0n) is 20.3. The van der Waals surface area contributed by atoms with Crippen molar-refractivity contribution in [1.29, 1.82) is 0 Å². The lowest BCUT2D eigenvalue weighted by Crippen LogP contribution is -2.40. The smallest absolute Gasteiger partial charge is 0.323 e. The number of ether oxygens (including phenoxy) is 1. The highest BCUT2D eigenvalue weighted by molar-refractivity contribution is 7.13. The summed E-state index contributed by atoms with van der Waals surface area (Å²) in [5.41, 5.74) is 2.64. The van der Waals surface area contributed by atoms with Crippen molar-refractivity contribution < 1.29 is 14.3 Å². The summed E-state index contributed by atoms with van der Waals surface area (Å²) in [6, 6.07) is 10.8. The van der Waals surface area contributed by atoms with Crippen molar-refractivity contribution in [2.75, 3.05) is 62.4 Å². The van der Waals surface area contributed by atoms with E-state index < -0.39 is 0 Å². The van der Waals surface area contributed by atoms with Crippen LogP contribution >= 0.6 is 11.3 Å². The van der Waals surface area contributed by atoms with Gasteiger partial charge in [-0.1, -0.05) is 18.2 Å². The van der Waals surface area contributed by atoms with E-state index >= 15 is 0 Å². The highest BCUT2D eigenvalue weighted by Gasteiger charge is 2.18. The van der Waals surface area contributed by atoms with Crippen LogP contribution in [0.3, 0.4) is 0 Å². The van der Waals surface area contributed by atoms with Gasteiger partial charge in [-0.3, -0.25) is 20.0 Å². The van der Waals surface area contributed by atoms with Gasteiger partial charge in [0.15, 0.2) is 5.13 Å². The third-order valence-corrected chi connectivity index (χ3v) is 6.50. The summed E-state index contributed by atoms with van der Waals surface area (Å²) in [5, 5.41) is 11.2. The number of urea groups is 1. The number of anilines is 3. The first-order valence-electron chi connectivity index (χ1n) is 11.9. The Bertz CT molecular complexity index is 1120. The maximum absolute atomic E-state index is 13.0. The Balaban J connectivity index is 1.38. The van der Waals surface area contributed by atoms with Crippen LogP contribution in [0.4, 0.5) is 21.3 Å². The summed E-state index contributed by atoms with van der Waals surface area (Å²) in [5.74, 6) is -0.298. The number of rotatable bonds is 10. The molecule has 1 saturated heterocycles. The molecule has 3 amide bonds. The third kappa shape index (κ3) is 7.23. The van der Waals surface area contributed by atoms with Crippen molar-refractivity contribution in [2.45, 2.75) is 13.0 Å². The average molecular weight is 510 g/mol. The molecule has 1 aliphatic heterocycles. The van der Waals surface area contributed by atoms with E-state index in [-0.39, 0.29) is 11.9 Å². The Kier molecular flexibility index (Phi) is 9.20. The first-order valence-corrected chi connectivity index (χ1v) is 12.8. The molecule has 36 heavy (non-hydrogen) atoms. The third-order valence-electron chi connectivity index (χ3n) is 5.81. The van der Waals surface area contributed by atoms with Gasteiger partial charge in [0.05, 0.1) is 24.6 Å². The molecule has 3 N–H and O–H groups in total. The van der Waals surface area contributed by atoms with E-state index in [1.165, 1.54) is 11.3 Å².